The number of sulfonamides is 1. The quantitative estimate of drug-likeness (QED) is 0.835. The SMILES string of the molecule is N#Cc1ccc(S(=O)(=O)NC2(C(=O)O)CCOCC2)cc1. The topological polar surface area (TPSA) is 116 Å². The number of benzene rings is 1. The van der Waals surface area contributed by atoms with Gasteiger partial charge in [0.1, 0.15) is 5.54 Å². The number of nitrogens with one attached hydrogen (secondary N) is 1. The van der Waals surface area contributed by atoms with E-state index in [2.05, 4.69) is 4.72 Å². The van der Waals surface area contributed by atoms with Gasteiger partial charge in [0.15, 0.2) is 0 Å². The molecule has 0 saturated carbocycles. The van der Waals surface area contributed by atoms with Crippen LogP contribution in [0.15, 0.2) is 29.2 Å². The summed E-state index contributed by atoms with van der Waals surface area (Å²) < 4.78 is 32.0. The fourth-order valence-corrected chi connectivity index (χ4v) is 3.52. The highest BCUT2D eigenvalue weighted by atomic mass is 32.2. The van der Waals surface area contributed by atoms with E-state index in [0.29, 0.717) is 5.56 Å². The molecule has 1 heterocycles. The first kappa shape index (κ1) is 15.4. The van der Waals surface area contributed by atoms with E-state index in [-0.39, 0.29) is 31.0 Å². The van der Waals surface area contributed by atoms with Gasteiger partial charge in [-0.15, -0.1) is 0 Å². The van der Waals surface area contributed by atoms with Crippen molar-refractivity contribution >= 4 is 16.0 Å². The monoisotopic (exact) mass is 310 g/mol. The van der Waals surface area contributed by atoms with Crippen LogP contribution in [-0.2, 0) is 19.6 Å². The second-order valence-corrected chi connectivity index (χ2v) is 6.42. The third-order valence-electron chi connectivity index (χ3n) is 3.38. The Labute approximate surface area is 122 Å². The Hall–Kier alpha value is -1.95. The first-order valence-electron chi connectivity index (χ1n) is 6.25. The summed E-state index contributed by atoms with van der Waals surface area (Å²) in [5.41, 5.74) is -1.22. The number of nitrogens with zero attached hydrogens (tertiary/aromatic N) is 1. The highest BCUT2D eigenvalue weighted by Crippen LogP contribution is 2.24. The summed E-state index contributed by atoms with van der Waals surface area (Å²) in [6.07, 6.45) is 0.135. The van der Waals surface area contributed by atoms with Crippen LogP contribution < -0.4 is 4.72 Å². The fraction of sp³-hybridized carbons (Fsp3) is 0.385. The van der Waals surface area contributed by atoms with Crippen LogP contribution >= 0.6 is 0 Å². The van der Waals surface area contributed by atoms with Crippen molar-refractivity contribution in [2.75, 3.05) is 13.2 Å². The van der Waals surface area contributed by atoms with Gasteiger partial charge in [0.25, 0.3) is 0 Å². The van der Waals surface area contributed by atoms with E-state index >= 15 is 0 Å². The van der Waals surface area contributed by atoms with Gasteiger partial charge < -0.3 is 9.84 Å². The van der Waals surface area contributed by atoms with Crippen LogP contribution in [0.1, 0.15) is 18.4 Å². The number of nitriles is 1. The summed E-state index contributed by atoms with van der Waals surface area (Å²) in [6, 6.07) is 7.17. The molecule has 1 aliphatic heterocycles. The summed E-state index contributed by atoms with van der Waals surface area (Å²) >= 11 is 0. The Kier molecular flexibility index (Phi) is 4.27. The lowest BCUT2D eigenvalue weighted by Gasteiger charge is -2.33. The zero-order valence-electron chi connectivity index (χ0n) is 11.1. The minimum Gasteiger partial charge on any atom is -0.480 e. The molecule has 2 rings (SSSR count). The predicted molar refractivity (Wildman–Crippen MR) is 71.9 cm³/mol. The normalized spacial score (nSPS) is 17.9. The molecule has 0 amide bonds. The van der Waals surface area contributed by atoms with E-state index in [1.54, 1.807) is 0 Å². The van der Waals surface area contributed by atoms with Gasteiger partial charge in [-0.3, -0.25) is 4.79 Å². The molecule has 0 atom stereocenters. The molecule has 0 spiro atoms. The second kappa shape index (κ2) is 5.81. The molecule has 0 bridgehead atoms. The van der Waals surface area contributed by atoms with E-state index < -0.39 is 21.5 Å². The maximum atomic E-state index is 12.3. The van der Waals surface area contributed by atoms with Crippen LogP contribution in [0, 0.1) is 11.3 Å². The number of hydrogen-bond acceptors (Lipinski definition) is 5. The Morgan fingerprint density at radius 2 is 1.86 bits per heavy atom. The van der Waals surface area contributed by atoms with E-state index in [1.165, 1.54) is 24.3 Å². The van der Waals surface area contributed by atoms with Crippen LogP contribution in [0.5, 0.6) is 0 Å². The highest BCUT2D eigenvalue weighted by molar-refractivity contribution is 7.89. The van der Waals surface area contributed by atoms with Gasteiger partial charge >= 0.3 is 5.97 Å². The fourth-order valence-electron chi connectivity index (χ4n) is 2.10. The van der Waals surface area contributed by atoms with Gasteiger partial charge in [0.05, 0.1) is 16.5 Å². The zero-order chi connectivity index (χ0) is 15.5. The van der Waals surface area contributed by atoms with Gasteiger partial charge in [-0.1, -0.05) is 0 Å². The number of aliphatic carboxylic acids is 1. The highest BCUT2D eigenvalue weighted by Gasteiger charge is 2.43. The van der Waals surface area contributed by atoms with Crippen molar-refractivity contribution < 1.29 is 23.1 Å². The molecule has 0 radical (unpaired) electrons. The number of carboxylic acid groups (broad SMARTS) is 1. The molecular weight excluding hydrogens is 296 g/mol. The smallest absolute Gasteiger partial charge is 0.325 e. The summed E-state index contributed by atoms with van der Waals surface area (Å²) in [7, 11) is -3.98. The Morgan fingerprint density at radius 1 is 1.29 bits per heavy atom. The van der Waals surface area contributed by atoms with Crippen LogP contribution in [0.4, 0.5) is 0 Å². The third-order valence-corrected chi connectivity index (χ3v) is 4.93. The van der Waals surface area contributed by atoms with Crippen molar-refractivity contribution in [3.63, 3.8) is 0 Å². The largest absolute Gasteiger partial charge is 0.480 e. The second-order valence-electron chi connectivity index (χ2n) is 4.74. The number of hydrogen-bond donors (Lipinski definition) is 2. The van der Waals surface area contributed by atoms with E-state index in [9.17, 15) is 18.3 Å². The van der Waals surface area contributed by atoms with Crippen molar-refractivity contribution in [1.29, 1.82) is 5.26 Å². The Bertz CT molecular complexity index is 670. The molecule has 1 aromatic rings. The van der Waals surface area contributed by atoms with Crippen molar-refractivity contribution in [2.45, 2.75) is 23.3 Å². The molecule has 0 aliphatic carbocycles. The molecule has 7 nitrogen and oxygen atoms in total. The van der Waals surface area contributed by atoms with Gasteiger partial charge in [-0.25, -0.2) is 8.42 Å². The minimum absolute atomic E-state index is 0.0673. The average Bonchev–Trinajstić information content (AvgIpc) is 2.47. The third kappa shape index (κ3) is 3.21. The van der Waals surface area contributed by atoms with E-state index in [1.807, 2.05) is 6.07 Å². The first-order valence-corrected chi connectivity index (χ1v) is 7.73. The van der Waals surface area contributed by atoms with Crippen molar-refractivity contribution in [2.24, 2.45) is 0 Å². The predicted octanol–water partition coefficient (Wildman–Crippen LogP) is 0.470. The Morgan fingerprint density at radius 3 is 2.33 bits per heavy atom. The molecule has 8 heteroatoms. The standard InChI is InChI=1S/C13H14N2O5S/c14-9-10-1-3-11(4-2-10)21(18,19)15-13(12(16)17)5-7-20-8-6-13/h1-4,15H,5-8H2,(H,16,17). The molecule has 0 unspecified atom stereocenters. The lowest BCUT2D eigenvalue weighted by atomic mass is 9.92. The average molecular weight is 310 g/mol. The lowest BCUT2D eigenvalue weighted by Crippen LogP contribution is -2.57. The number of carbonyl (C=O) groups is 1. The van der Waals surface area contributed by atoms with Crippen LogP contribution in [-0.4, -0.2) is 38.2 Å². The lowest BCUT2D eigenvalue weighted by molar-refractivity contribution is -0.147. The molecule has 1 aromatic carbocycles. The summed E-state index contributed by atoms with van der Waals surface area (Å²) in [6.45, 7) is 0.365. The first-order chi connectivity index (χ1) is 9.89. The molecule has 1 saturated heterocycles. The minimum atomic E-state index is -3.98. The van der Waals surface area contributed by atoms with Crippen molar-refractivity contribution in [1.82, 2.24) is 4.72 Å². The molecule has 1 aliphatic rings. The van der Waals surface area contributed by atoms with Crippen molar-refractivity contribution in [3.8, 4) is 6.07 Å². The number of rotatable bonds is 4. The molecular formula is C13H14N2O5S. The summed E-state index contributed by atoms with van der Waals surface area (Å²) in [5.74, 6) is -1.22. The van der Waals surface area contributed by atoms with Crippen LogP contribution in [0.25, 0.3) is 0 Å². The molecule has 112 valence electrons. The van der Waals surface area contributed by atoms with Crippen LogP contribution in [0.2, 0.25) is 0 Å². The Balaban J connectivity index is 2.30. The molecule has 21 heavy (non-hydrogen) atoms. The van der Waals surface area contributed by atoms with Gasteiger partial charge in [-0.05, 0) is 24.3 Å². The van der Waals surface area contributed by atoms with E-state index in [0.717, 1.165) is 0 Å². The van der Waals surface area contributed by atoms with Gasteiger partial charge in [-0.2, -0.15) is 9.98 Å². The summed E-state index contributed by atoms with van der Waals surface area (Å²) in [4.78, 5) is 11.4. The molecule has 0 aromatic heterocycles. The number of ether oxygens (including phenoxy) is 1. The van der Waals surface area contributed by atoms with Crippen molar-refractivity contribution in [3.05, 3.63) is 29.8 Å². The molecule has 2 N–H and O–H groups in total. The maximum absolute atomic E-state index is 12.3. The van der Waals surface area contributed by atoms with Gasteiger partial charge in [0.2, 0.25) is 10.0 Å². The maximum Gasteiger partial charge on any atom is 0.325 e. The molecule has 1 fully saturated rings. The van der Waals surface area contributed by atoms with Crippen LogP contribution in [0.3, 0.4) is 0 Å². The van der Waals surface area contributed by atoms with E-state index in [4.69, 9.17) is 10.00 Å². The van der Waals surface area contributed by atoms with Gasteiger partial charge in [0, 0.05) is 26.1 Å². The zero-order valence-corrected chi connectivity index (χ0v) is 11.9. The number of carboxylic acids is 1. The summed E-state index contributed by atoms with van der Waals surface area (Å²) in [5, 5.41) is 18.1.